The molecule has 2 N–H and O–H groups in total. The number of anilines is 3. The third-order valence-corrected chi connectivity index (χ3v) is 5.98. The fourth-order valence-corrected chi connectivity index (χ4v) is 3.87. The number of nitrogens with one attached hydrogen (secondary N) is 2. The fourth-order valence-electron chi connectivity index (χ4n) is 2.31. The smallest absolute Gasteiger partial charge is 0.254 e. The van der Waals surface area contributed by atoms with Gasteiger partial charge in [-0.25, -0.2) is 8.60 Å². The first-order chi connectivity index (χ1) is 11.4. The Bertz CT molecular complexity index is 880. The molecule has 1 atom stereocenters. The summed E-state index contributed by atoms with van der Waals surface area (Å²) in [6, 6.07) is 6.44. The van der Waals surface area contributed by atoms with E-state index in [-0.39, 0.29) is 16.5 Å². The zero-order chi connectivity index (χ0) is 17.4. The van der Waals surface area contributed by atoms with E-state index in [0.717, 1.165) is 16.4 Å². The molecule has 3 rings (SSSR count). The number of pyridine rings is 1. The Balaban J connectivity index is 2.02. The summed E-state index contributed by atoms with van der Waals surface area (Å²) in [6.07, 6.45) is 1.86. The molecular weight excluding hydrogens is 444 g/mol. The molecule has 2 aromatic rings. The molecule has 1 unspecified atom stereocenters. The maximum Gasteiger partial charge on any atom is 0.254 e. The van der Waals surface area contributed by atoms with Gasteiger partial charge in [-0.2, -0.15) is 0 Å². The molecule has 0 radical (unpaired) electrons. The van der Waals surface area contributed by atoms with Crippen molar-refractivity contribution < 1.29 is 8.60 Å². The van der Waals surface area contributed by atoms with Gasteiger partial charge in [-0.15, -0.1) is 0 Å². The van der Waals surface area contributed by atoms with Gasteiger partial charge in [0.05, 0.1) is 16.6 Å². The lowest BCUT2D eigenvalue weighted by Gasteiger charge is -2.18. The summed E-state index contributed by atoms with van der Waals surface area (Å²) >= 11 is 2.03. The number of benzene rings is 1. The lowest BCUT2D eigenvalue weighted by atomic mass is 10.2. The van der Waals surface area contributed by atoms with Gasteiger partial charge < -0.3 is 10.0 Å². The van der Waals surface area contributed by atoms with Crippen LogP contribution in [0.3, 0.4) is 0 Å². The van der Waals surface area contributed by atoms with Crippen LogP contribution in [-0.2, 0) is 18.0 Å². The van der Waals surface area contributed by atoms with Gasteiger partial charge >= 0.3 is 0 Å². The summed E-state index contributed by atoms with van der Waals surface area (Å²) in [6.45, 7) is 1.70. The van der Waals surface area contributed by atoms with E-state index in [2.05, 4.69) is 10.0 Å². The van der Waals surface area contributed by atoms with Crippen molar-refractivity contribution in [2.45, 2.75) is 25.0 Å². The second kappa shape index (κ2) is 6.83. The van der Waals surface area contributed by atoms with E-state index in [0.29, 0.717) is 17.1 Å². The third kappa shape index (κ3) is 3.64. The molecule has 0 amide bonds. The van der Waals surface area contributed by atoms with Crippen molar-refractivity contribution >= 4 is 50.8 Å². The summed E-state index contributed by atoms with van der Waals surface area (Å²) in [4.78, 5) is 12.2. The Morgan fingerprint density at radius 3 is 2.62 bits per heavy atom. The van der Waals surface area contributed by atoms with E-state index in [1.807, 2.05) is 22.6 Å². The van der Waals surface area contributed by atoms with Crippen LogP contribution in [0.25, 0.3) is 0 Å². The van der Waals surface area contributed by atoms with Crippen LogP contribution >= 0.6 is 22.6 Å². The minimum Gasteiger partial charge on any atom is -0.337 e. The molecule has 1 aromatic carbocycles. The highest BCUT2D eigenvalue weighted by molar-refractivity contribution is 14.1. The van der Waals surface area contributed by atoms with Crippen LogP contribution in [0, 0.1) is 16.3 Å². The summed E-state index contributed by atoms with van der Waals surface area (Å²) in [5.74, 6) is -0.0242. The van der Waals surface area contributed by atoms with Crippen molar-refractivity contribution in [1.29, 1.82) is 0 Å². The quantitative estimate of drug-likeness (QED) is 0.671. The third-order valence-electron chi connectivity index (χ3n) is 3.82. The molecule has 0 aliphatic heterocycles. The molecule has 1 saturated carbocycles. The number of aromatic nitrogens is 1. The Kier molecular flexibility index (Phi) is 4.95. The van der Waals surface area contributed by atoms with Crippen LogP contribution < -0.4 is 15.6 Å². The Labute approximate surface area is 155 Å². The van der Waals surface area contributed by atoms with Gasteiger partial charge in [-0.3, -0.25) is 9.36 Å². The first kappa shape index (κ1) is 17.4. The molecule has 24 heavy (non-hydrogen) atoms. The average molecular weight is 461 g/mol. The van der Waals surface area contributed by atoms with Crippen LogP contribution in [-0.4, -0.2) is 14.0 Å². The Morgan fingerprint density at radius 2 is 2.00 bits per heavy atom. The Hall–Kier alpha value is -1.42. The van der Waals surface area contributed by atoms with E-state index in [4.69, 9.17) is 0 Å². The van der Waals surface area contributed by atoms with Crippen molar-refractivity contribution in [2.75, 3.05) is 10.0 Å². The second-order valence-electron chi connectivity index (χ2n) is 5.80. The minimum absolute atomic E-state index is 0.144. The summed E-state index contributed by atoms with van der Waals surface area (Å²) < 4.78 is 31.5. The predicted molar refractivity (Wildman–Crippen MR) is 104 cm³/mol. The number of nitrogens with zero attached hydrogens (tertiary/aromatic N) is 1. The second-order valence-corrected chi connectivity index (χ2v) is 8.51. The highest BCUT2D eigenvalue weighted by Gasteiger charge is 2.29. The van der Waals surface area contributed by atoms with E-state index in [1.54, 1.807) is 32.2 Å². The van der Waals surface area contributed by atoms with Crippen LogP contribution in [0.2, 0.25) is 0 Å². The van der Waals surface area contributed by atoms with Crippen LogP contribution in [0.4, 0.5) is 21.6 Å². The topological polar surface area (TPSA) is 63.1 Å². The van der Waals surface area contributed by atoms with E-state index >= 15 is 0 Å². The first-order valence-electron chi connectivity index (χ1n) is 7.46. The first-order valence-corrected chi connectivity index (χ1v) is 9.76. The van der Waals surface area contributed by atoms with Gasteiger partial charge in [0.15, 0.2) is 0 Å². The SMILES string of the molecule is Cc1cc(NS(=O)C2CC2)c(Nc2ccc(I)cc2F)n(C)c1=O. The maximum atomic E-state index is 14.1. The standard InChI is InChI=1S/C16H17FIN3O2S/c1-9-7-14(20-24(23)11-4-5-11)15(21(2)16(9)22)19-13-6-3-10(18)8-12(13)17/h3,6-8,11,19-20H,4-5H2,1-2H3. The van der Waals surface area contributed by atoms with E-state index in [9.17, 15) is 13.4 Å². The van der Waals surface area contributed by atoms with Crippen LogP contribution in [0.5, 0.6) is 0 Å². The van der Waals surface area contributed by atoms with Gasteiger partial charge in [-0.05, 0) is 66.6 Å². The number of hydrogen-bond donors (Lipinski definition) is 2. The number of aryl methyl sites for hydroxylation is 1. The zero-order valence-corrected chi connectivity index (χ0v) is 16.2. The Morgan fingerprint density at radius 1 is 1.29 bits per heavy atom. The molecule has 0 spiro atoms. The largest absolute Gasteiger partial charge is 0.337 e. The molecule has 0 saturated heterocycles. The molecular formula is C16H17FIN3O2S. The molecule has 8 heteroatoms. The minimum atomic E-state index is -1.21. The van der Waals surface area contributed by atoms with Gasteiger partial charge in [0.25, 0.3) is 5.56 Å². The molecule has 1 aromatic heterocycles. The van der Waals surface area contributed by atoms with E-state index < -0.39 is 16.8 Å². The highest BCUT2D eigenvalue weighted by Crippen LogP contribution is 2.31. The van der Waals surface area contributed by atoms with Crippen molar-refractivity contribution in [3.05, 3.63) is 49.6 Å². The molecule has 1 aliphatic carbocycles. The molecule has 1 heterocycles. The van der Waals surface area contributed by atoms with E-state index in [1.165, 1.54) is 10.6 Å². The molecule has 5 nitrogen and oxygen atoms in total. The molecule has 1 fully saturated rings. The molecule has 0 bridgehead atoms. The normalized spacial score (nSPS) is 15.2. The molecule has 128 valence electrons. The fraction of sp³-hybridized carbons (Fsp3) is 0.312. The monoisotopic (exact) mass is 461 g/mol. The van der Waals surface area contributed by atoms with Crippen LogP contribution in [0.1, 0.15) is 18.4 Å². The lowest BCUT2D eigenvalue weighted by molar-refractivity contribution is 0.630. The summed E-state index contributed by atoms with van der Waals surface area (Å²) in [7, 11) is 0.392. The predicted octanol–water partition coefficient (Wildman–Crippen LogP) is 3.42. The van der Waals surface area contributed by atoms with Gasteiger partial charge in [-0.1, -0.05) is 0 Å². The average Bonchev–Trinajstić information content (AvgIpc) is 3.35. The summed E-state index contributed by atoms with van der Waals surface area (Å²) in [5.41, 5.74) is 1.12. The zero-order valence-electron chi connectivity index (χ0n) is 13.2. The van der Waals surface area contributed by atoms with Gasteiger partial charge in [0.1, 0.15) is 22.6 Å². The molecule has 1 aliphatic rings. The summed E-state index contributed by atoms with van der Waals surface area (Å²) in [5, 5.41) is 3.10. The highest BCUT2D eigenvalue weighted by atomic mass is 127. The lowest BCUT2D eigenvalue weighted by Crippen LogP contribution is -2.24. The van der Waals surface area contributed by atoms with Crippen LogP contribution in [0.15, 0.2) is 29.1 Å². The van der Waals surface area contributed by atoms with Crippen molar-refractivity contribution in [3.8, 4) is 0 Å². The number of rotatable bonds is 5. The number of hydrogen-bond acceptors (Lipinski definition) is 3. The maximum absolute atomic E-state index is 14.1. The van der Waals surface area contributed by atoms with Crippen molar-refractivity contribution in [3.63, 3.8) is 0 Å². The number of halogens is 2. The van der Waals surface area contributed by atoms with Gasteiger partial charge in [0.2, 0.25) is 0 Å². The van der Waals surface area contributed by atoms with Crippen molar-refractivity contribution in [1.82, 2.24) is 4.57 Å². The van der Waals surface area contributed by atoms with Gasteiger partial charge in [0, 0.05) is 16.2 Å². The van der Waals surface area contributed by atoms with Crippen molar-refractivity contribution in [2.24, 2.45) is 7.05 Å².